The molecule has 0 bridgehead atoms. The average Bonchev–Trinajstić information content (AvgIpc) is 2.83. The van der Waals surface area contributed by atoms with Crippen molar-refractivity contribution in [2.45, 2.75) is 19.3 Å². The molecule has 0 aliphatic heterocycles. The molecule has 1 aliphatic carbocycles. The van der Waals surface area contributed by atoms with E-state index in [2.05, 4.69) is 5.32 Å². The summed E-state index contributed by atoms with van der Waals surface area (Å²) in [5.41, 5.74) is 0.412. The minimum absolute atomic E-state index is 0.0624. The van der Waals surface area contributed by atoms with Crippen LogP contribution in [-0.4, -0.2) is 17.0 Å². The highest BCUT2D eigenvalue weighted by Crippen LogP contribution is 2.32. The van der Waals surface area contributed by atoms with Crippen LogP contribution in [0.5, 0.6) is 0 Å². The first-order chi connectivity index (χ1) is 8.97. The van der Waals surface area contributed by atoms with Crippen molar-refractivity contribution in [1.82, 2.24) is 0 Å². The molecule has 102 valence electrons. The van der Waals surface area contributed by atoms with Crippen molar-refractivity contribution in [1.29, 1.82) is 0 Å². The molecule has 0 aromatic heterocycles. The Kier molecular flexibility index (Phi) is 4.04. The summed E-state index contributed by atoms with van der Waals surface area (Å²) < 4.78 is 13.0. The van der Waals surface area contributed by atoms with Gasteiger partial charge in [0, 0.05) is 11.6 Å². The SMILES string of the molecule is O=C(O)[C@@H]1CC[C@H](C(=O)Nc2ccc(F)c(Cl)c2)C1. The van der Waals surface area contributed by atoms with Gasteiger partial charge in [-0.2, -0.15) is 0 Å². The van der Waals surface area contributed by atoms with Crippen molar-refractivity contribution in [3.05, 3.63) is 29.0 Å². The summed E-state index contributed by atoms with van der Waals surface area (Å²) in [6.07, 6.45) is 1.41. The van der Waals surface area contributed by atoms with Crippen LogP contribution >= 0.6 is 11.6 Å². The fraction of sp³-hybridized carbons (Fsp3) is 0.385. The van der Waals surface area contributed by atoms with Gasteiger partial charge in [0.1, 0.15) is 5.82 Å². The lowest BCUT2D eigenvalue weighted by molar-refractivity contribution is -0.141. The van der Waals surface area contributed by atoms with Crippen LogP contribution in [0.2, 0.25) is 5.02 Å². The molecule has 1 aliphatic rings. The number of carboxylic acids is 1. The molecule has 1 amide bonds. The second-order valence-corrected chi connectivity index (χ2v) is 5.07. The summed E-state index contributed by atoms with van der Waals surface area (Å²) in [5.74, 6) is -2.42. The Bertz CT molecular complexity index is 521. The number of rotatable bonds is 3. The Labute approximate surface area is 114 Å². The number of anilines is 1. The molecule has 0 radical (unpaired) electrons. The highest BCUT2D eigenvalue weighted by Gasteiger charge is 2.33. The summed E-state index contributed by atoms with van der Waals surface area (Å²) in [7, 11) is 0. The van der Waals surface area contributed by atoms with E-state index in [0.29, 0.717) is 24.9 Å². The second kappa shape index (κ2) is 5.57. The topological polar surface area (TPSA) is 66.4 Å². The minimum Gasteiger partial charge on any atom is -0.481 e. The van der Waals surface area contributed by atoms with Gasteiger partial charge in [0.2, 0.25) is 5.91 Å². The molecule has 1 aromatic rings. The number of carbonyl (C=O) groups is 2. The first kappa shape index (κ1) is 13.8. The molecule has 1 saturated carbocycles. The third-order valence-electron chi connectivity index (χ3n) is 3.34. The smallest absolute Gasteiger partial charge is 0.306 e. The third-order valence-corrected chi connectivity index (χ3v) is 3.63. The summed E-state index contributed by atoms with van der Waals surface area (Å²) in [6.45, 7) is 0. The van der Waals surface area contributed by atoms with Gasteiger partial charge < -0.3 is 10.4 Å². The summed E-state index contributed by atoms with van der Waals surface area (Å²) in [4.78, 5) is 22.8. The summed E-state index contributed by atoms with van der Waals surface area (Å²) >= 11 is 5.62. The van der Waals surface area contributed by atoms with E-state index in [9.17, 15) is 14.0 Å². The first-order valence-electron chi connectivity index (χ1n) is 5.96. The Morgan fingerprint density at radius 2 is 2.00 bits per heavy atom. The van der Waals surface area contributed by atoms with E-state index in [1.165, 1.54) is 18.2 Å². The van der Waals surface area contributed by atoms with Crippen LogP contribution in [-0.2, 0) is 9.59 Å². The maximum atomic E-state index is 13.0. The molecule has 19 heavy (non-hydrogen) atoms. The van der Waals surface area contributed by atoms with Crippen molar-refractivity contribution < 1.29 is 19.1 Å². The number of hydrogen-bond acceptors (Lipinski definition) is 2. The van der Waals surface area contributed by atoms with Gasteiger partial charge in [-0.3, -0.25) is 9.59 Å². The van der Waals surface area contributed by atoms with E-state index in [1.807, 2.05) is 0 Å². The van der Waals surface area contributed by atoms with E-state index in [4.69, 9.17) is 16.7 Å². The van der Waals surface area contributed by atoms with Gasteiger partial charge in [-0.15, -0.1) is 0 Å². The van der Waals surface area contributed by atoms with E-state index < -0.39 is 17.7 Å². The van der Waals surface area contributed by atoms with Gasteiger partial charge in [0.15, 0.2) is 0 Å². The molecular formula is C13H13ClFNO3. The zero-order valence-corrected chi connectivity index (χ0v) is 10.8. The Morgan fingerprint density at radius 3 is 2.58 bits per heavy atom. The van der Waals surface area contributed by atoms with Gasteiger partial charge in [-0.1, -0.05) is 11.6 Å². The molecule has 0 spiro atoms. The van der Waals surface area contributed by atoms with Crippen LogP contribution < -0.4 is 5.32 Å². The van der Waals surface area contributed by atoms with Crippen molar-refractivity contribution in [3.63, 3.8) is 0 Å². The predicted octanol–water partition coefficient (Wildman–Crippen LogP) is 2.92. The lowest BCUT2D eigenvalue weighted by atomic mass is 10.0. The molecule has 2 rings (SSSR count). The van der Waals surface area contributed by atoms with Gasteiger partial charge in [-0.05, 0) is 37.5 Å². The van der Waals surface area contributed by atoms with Gasteiger partial charge in [0.25, 0.3) is 0 Å². The largest absolute Gasteiger partial charge is 0.481 e. The van der Waals surface area contributed by atoms with Gasteiger partial charge in [-0.25, -0.2) is 4.39 Å². The minimum atomic E-state index is -0.861. The number of nitrogens with one attached hydrogen (secondary N) is 1. The van der Waals surface area contributed by atoms with Crippen molar-refractivity contribution >= 4 is 29.2 Å². The predicted molar refractivity (Wildman–Crippen MR) is 68.5 cm³/mol. The van der Waals surface area contributed by atoms with E-state index in [1.54, 1.807) is 0 Å². The number of amides is 1. The highest BCUT2D eigenvalue weighted by atomic mass is 35.5. The number of carbonyl (C=O) groups excluding carboxylic acids is 1. The second-order valence-electron chi connectivity index (χ2n) is 4.66. The summed E-state index contributed by atoms with van der Waals surface area (Å²) in [5, 5.41) is 11.4. The Hall–Kier alpha value is -1.62. The molecule has 0 unspecified atom stereocenters. The van der Waals surface area contributed by atoms with Crippen molar-refractivity contribution in [2.24, 2.45) is 11.8 Å². The lowest BCUT2D eigenvalue weighted by Crippen LogP contribution is -2.21. The Morgan fingerprint density at radius 1 is 1.32 bits per heavy atom. The van der Waals surface area contributed by atoms with Gasteiger partial charge >= 0.3 is 5.97 Å². The van der Waals surface area contributed by atoms with E-state index in [0.717, 1.165) is 0 Å². The number of aliphatic carboxylic acids is 1. The number of carboxylic acid groups (broad SMARTS) is 1. The molecule has 2 N–H and O–H groups in total. The lowest BCUT2D eigenvalue weighted by Gasteiger charge is -2.11. The molecule has 0 heterocycles. The molecule has 0 saturated heterocycles. The Balaban J connectivity index is 1.98. The van der Waals surface area contributed by atoms with Crippen molar-refractivity contribution in [2.75, 3.05) is 5.32 Å². The van der Waals surface area contributed by atoms with Crippen LogP contribution in [0.25, 0.3) is 0 Å². The molecule has 1 fully saturated rings. The third kappa shape index (κ3) is 3.23. The maximum absolute atomic E-state index is 13.0. The molecule has 1 aromatic carbocycles. The molecule has 2 atom stereocenters. The van der Waals surface area contributed by atoms with Crippen LogP contribution in [0.15, 0.2) is 18.2 Å². The zero-order chi connectivity index (χ0) is 14.0. The molecule has 6 heteroatoms. The summed E-state index contributed by atoms with van der Waals surface area (Å²) in [6, 6.07) is 3.92. The number of halogens is 2. The molecular weight excluding hydrogens is 273 g/mol. The van der Waals surface area contributed by atoms with Crippen LogP contribution in [0.4, 0.5) is 10.1 Å². The van der Waals surface area contributed by atoms with Crippen LogP contribution in [0.3, 0.4) is 0 Å². The van der Waals surface area contributed by atoms with Crippen LogP contribution in [0.1, 0.15) is 19.3 Å². The highest BCUT2D eigenvalue weighted by molar-refractivity contribution is 6.31. The number of hydrogen-bond donors (Lipinski definition) is 2. The fourth-order valence-corrected chi connectivity index (χ4v) is 2.44. The maximum Gasteiger partial charge on any atom is 0.306 e. The van der Waals surface area contributed by atoms with Crippen LogP contribution in [0, 0.1) is 17.7 Å². The zero-order valence-electron chi connectivity index (χ0n) is 10.0. The fourth-order valence-electron chi connectivity index (χ4n) is 2.26. The molecule has 4 nitrogen and oxygen atoms in total. The average molecular weight is 286 g/mol. The number of benzene rings is 1. The standard InChI is InChI=1S/C13H13ClFNO3/c14-10-6-9(3-4-11(10)15)16-12(17)7-1-2-8(5-7)13(18)19/h3-4,6-8H,1-2,5H2,(H,16,17)(H,18,19)/t7-,8+/m0/s1. The first-order valence-corrected chi connectivity index (χ1v) is 6.34. The van der Waals surface area contributed by atoms with E-state index in [-0.39, 0.29) is 16.8 Å². The quantitative estimate of drug-likeness (QED) is 0.897. The van der Waals surface area contributed by atoms with Gasteiger partial charge in [0.05, 0.1) is 10.9 Å². The van der Waals surface area contributed by atoms with E-state index >= 15 is 0 Å². The normalized spacial score (nSPS) is 22.2. The monoisotopic (exact) mass is 285 g/mol. The van der Waals surface area contributed by atoms with Crippen molar-refractivity contribution in [3.8, 4) is 0 Å².